The Labute approximate surface area is 125 Å². The van der Waals surface area contributed by atoms with Crippen molar-refractivity contribution in [1.82, 2.24) is 4.98 Å². The van der Waals surface area contributed by atoms with Gasteiger partial charge >= 0.3 is 0 Å². The van der Waals surface area contributed by atoms with Crippen molar-refractivity contribution in [3.05, 3.63) is 64.9 Å². The first-order valence-electron chi connectivity index (χ1n) is 6.16. The Bertz CT molecular complexity index is 758. The maximum Gasteiger partial charge on any atom is 0.120 e. The molecule has 1 heterocycles. The van der Waals surface area contributed by atoms with Crippen LogP contribution in [0.15, 0.2) is 59.3 Å². The predicted molar refractivity (Wildman–Crippen MR) is 81.9 cm³/mol. The van der Waals surface area contributed by atoms with Gasteiger partial charge in [0, 0.05) is 22.4 Å². The highest BCUT2D eigenvalue weighted by Gasteiger charge is 2.00. The molecule has 3 aromatic rings. The molecule has 0 amide bonds. The van der Waals surface area contributed by atoms with Crippen LogP contribution >= 0.6 is 15.9 Å². The molecule has 0 saturated carbocycles. The molecule has 0 fully saturated rings. The van der Waals surface area contributed by atoms with Crippen LogP contribution in [0.2, 0.25) is 0 Å². The van der Waals surface area contributed by atoms with Crippen molar-refractivity contribution in [2.24, 2.45) is 0 Å². The van der Waals surface area contributed by atoms with Gasteiger partial charge in [0.2, 0.25) is 0 Å². The fraction of sp³-hybridized carbons (Fsp3) is 0.0625. The van der Waals surface area contributed by atoms with Crippen LogP contribution < -0.4 is 4.74 Å². The van der Waals surface area contributed by atoms with E-state index < -0.39 is 0 Å². The van der Waals surface area contributed by atoms with Gasteiger partial charge < -0.3 is 9.84 Å². The minimum absolute atomic E-state index is 0.255. The molecule has 0 saturated heterocycles. The lowest BCUT2D eigenvalue weighted by Gasteiger charge is -2.07. The topological polar surface area (TPSA) is 42.4 Å². The second-order valence-corrected chi connectivity index (χ2v) is 5.41. The monoisotopic (exact) mass is 329 g/mol. The third-order valence-electron chi connectivity index (χ3n) is 2.96. The van der Waals surface area contributed by atoms with Crippen molar-refractivity contribution >= 4 is 26.7 Å². The minimum Gasteiger partial charge on any atom is -0.508 e. The van der Waals surface area contributed by atoms with Crippen LogP contribution in [0.3, 0.4) is 0 Å². The van der Waals surface area contributed by atoms with Crippen molar-refractivity contribution in [2.45, 2.75) is 6.61 Å². The normalized spacial score (nSPS) is 10.7. The summed E-state index contributed by atoms with van der Waals surface area (Å²) in [7, 11) is 0. The molecule has 0 bridgehead atoms. The van der Waals surface area contributed by atoms with Gasteiger partial charge in [0.25, 0.3) is 0 Å². The number of nitrogens with zero attached hydrogens (tertiary/aromatic N) is 1. The molecule has 3 nitrogen and oxygen atoms in total. The largest absolute Gasteiger partial charge is 0.508 e. The summed E-state index contributed by atoms with van der Waals surface area (Å²) >= 11 is 3.38. The zero-order chi connectivity index (χ0) is 13.9. The number of fused-ring (bicyclic) bond motifs is 1. The van der Waals surface area contributed by atoms with Crippen LogP contribution in [-0.4, -0.2) is 10.1 Å². The summed E-state index contributed by atoms with van der Waals surface area (Å²) in [6.07, 6.45) is 3.51. The SMILES string of the molecule is Oc1ccc2ccc(OCc3cncc(Br)c3)cc2c1. The van der Waals surface area contributed by atoms with E-state index in [0.29, 0.717) is 6.61 Å². The molecule has 100 valence electrons. The second-order valence-electron chi connectivity index (χ2n) is 4.49. The first-order valence-corrected chi connectivity index (χ1v) is 6.95. The van der Waals surface area contributed by atoms with Crippen molar-refractivity contribution in [1.29, 1.82) is 0 Å². The van der Waals surface area contributed by atoms with E-state index >= 15 is 0 Å². The van der Waals surface area contributed by atoms with Gasteiger partial charge in [-0.15, -0.1) is 0 Å². The number of hydrogen-bond acceptors (Lipinski definition) is 3. The minimum atomic E-state index is 0.255. The molecule has 0 aliphatic heterocycles. The maximum absolute atomic E-state index is 9.51. The summed E-state index contributed by atoms with van der Waals surface area (Å²) in [5.74, 6) is 1.02. The van der Waals surface area contributed by atoms with E-state index in [0.717, 1.165) is 26.6 Å². The molecule has 2 aromatic carbocycles. The van der Waals surface area contributed by atoms with Crippen molar-refractivity contribution in [3.63, 3.8) is 0 Å². The highest BCUT2D eigenvalue weighted by molar-refractivity contribution is 9.10. The van der Waals surface area contributed by atoms with Crippen LogP contribution in [-0.2, 0) is 6.61 Å². The second kappa shape index (κ2) is 5.51. The van der Waals surface area contributed by atoms with Gasteiger partial charge in [-0.1, -0.05) is 12.1 Å². The highest BCUT2D eigenvalue weighted by Crippen LogP contribution is 2.25. The number of phenolic OH excluding ortho intramolecular Hbond substituents is 1. The molecule has 1 aromatic heterocycles. The van der Waals surface area contributed by atoms with Gasteiger partial charge in [0.1, 0.15) is 18.1 Å². The van der Waals surface area contributed by atoms with Gasteiger partial charge in [-0.3, -0.25) is 4.98 Å². The quantitative estimate of drug-likeness (QED) is 0.779. The molecule has 0 unspecified atom stereocenters. The number of aromatic hydroxyl groups is 1. The van der Waals surface area contributed by atoms with Crippen LogP contribution in [0.25, 0.3) is 10.8 Å². The van der Waals surface area contributed by atoms with E-state index in [-0.39, 0.29) is 5.75 Å². The highest BCUT2D eigenvalue weighted by atomic mass is 79.9. The average molecular weight is 330 g/mol. The lowest BCUT2D eigenvalue weighted by atomic mass is 10.1. The lowest BCUT2D eigenvalue weighted by Crippen LogP contribution is -1.96. The van der Waals surface area contributed by atoms with Crippen molar-refractivity contribution < 1.29 is 9.84 Å². The molecular weight excluding hydrogens is 318 g/mol. The number of aromatic nitrogens is 1. The van der Waals surface area contributed by atoms with Crippen LogP contribution in [0.5, 0.6) is 11.5 Å². The number of ether oxygens (including phenoxy) is 1. The number of hydrogen-bond donors (Lipinski definition) is 1. The average Bonchev–Trinajstić information content (AvgIpc) is 2.45. The van der Waals surface area contributed by atoms with Gasteiger partial charge in [-0.25, -0.2) is 0 Å². The van der Waals surface area contributed by atoms with E-state index in [2.05, 4.69) is 20.9 Å². The summed E-state index contributed by atoms with van der Waals surface area (Å²) in [5.41, 5.74) is 0.996. The van der Waals surface area contributed by atoms with Crippen molar-refractivity contribution in [3.8, 4) is 11.5 Å². The van der Waals surface area contributed by atoms with Gasteiger partial charge in [-0.05, 0) is 57.0 Å². The molecule has 0 atom stereocenters. The Morgan fingerprint density at radius 2 is 1.85 bits per heavy atom. The number of pyridine rings is 1. The molecule has 3 rings (SSSR count). The van der Waals surface area contributed by atoms with Gasteiger partial charge in [0.15, 0.2) is 0 Å². The molecular formula is C16H12BrNO2. The van der Waals surface area contributed by atoms with E-state index in [9.17, 15) is 5.11 Å². The van der Waals surface area contributed by atoms with E-state index in [1.54, 1.807) is 24.5 Å². The molecule has 0 radical (unpaired) electrons. The Kier molecular flexibility index (Phi) is 3.56. The number of rotatable bonds is 3. The maximum atomic E-state index is 9.51. The Balaban J connectivity index is 1.80. The van der Waals surface area contributed by atoms with E-state index in [1.807, 2.05) is 30.3 Å². The van der Waals surface area contributed by atoms with Gasteiger partial charge in [0.05, 0.1) is 0 Å². The summed E-state index contributed by atoms with van der Waals surface area (Å²) in [6.45, 7) is 0.455. The summed E-state index contributed by atoms with van der Waals surface area (Å²) < 4.78 is 6.68. The lowest BCUT2D eigenvalue weighted by molar-refractivity contribution is 0.306. The standard InChI is InChI=1S/C16H12BrNO2/c17-14-5-11(8-18-9-14)10-20-16-4-2-12-1-3-15(19)6-13(12)7-16/h1-9,19H,10H2. The number of benzene rings is 2. The molecule has 1 N–H and O–H groups in total. The predicted octanol–water partition coefficient (Wildman–Crippen LogP) is 4.28. The number of halogens is 1. The fourth-order valence-corrected chi connectivity index (χ4v) is 2.42. The van der Waals surface area contributed by atoms with Crippen LogP contribution in [0, 0.1) is 0 Å². The van der Waals surface area contributed by atoms with Crippen LogP contribution in [0.4, 0.5) is 0 Å². The first-order chi connectivity index (χ1) is 9.70. The fourth-order valence-electron chi connectivity index (χ4n) is 2.00. The van der Waals surface area contributed by atoms with Gasteiger partial charge in [-0.2, -0.15) is 0 Å². The molecule has 0 aliphatic rings. The third kappa shape index (κ3) is 2.91. The molecule has 0 aliphatic carbocycles. The zero-order valence-electron chi connectivity index (χ0n) is 10.6. The molecule has 20 heavy (non-hydrogen) atoms. The van der Waals surface area contributed by atoms with E-state index in [1.165, 1.54) is 0 Å². The van der Waals surface area contributed by atoms with Crippen molar-refractivity contribution in [2.75, 3.05) is 0 Å². The van der Waals surface area contributed by atoms with E-state index in [4.69, 9.17) is 4.74 Å². The Morgan fingerprint density at radius 1 is 1.00 bits per heavy atom. The Morgan fingerprint density at radius 3 is 2.70 bits per heavy atom. The smallest absolute Gasteiger partial charge is 0.120 e. The molecule has 0 spiro atoms. The summed E-state index contributed by atoms with van der Waals surface area (Å²) in [6, 6.07) is 13.1. The number of phenols is 1. The first kappa shape index (κ1) is 12.9. The summed E-state index contributed by atoms with van der Waals surface area (Å²) in [5, 5.41) is 11.5. The summed E-state index contributed by atoms with van der Waals surface area (Å²) in [4.78, 5) is 4.10. The Hall–Kier alpha value is -2.07. The molecule has 4 heteroatoms. The third-order valence-corrected chi connectivity index (χ3v) is 3.40. The zero-order valence-corrected chi connectivity index (χ0v) is 12.2. The van der Waals surface area contributed by atoms with Crippen LogP contribution in [0.1, 0.15) is 5.56 Å².